The van der Waals surface area contributed by atoms with Gasteiger partial charge in [-0.1, -0.05) is 35.6 Å². The number of amides is 2. The molecule has 0 aliphatic rings. The minimum Gasteiger partial charge on any atom is -0.399 e. The molecule has 3 aromatic rings. The first-order chi connectivity index (χ1) is 15.1. The number of alkyl halides is 3. The van der Waals surface area contributed by atoms with E-state index in [0.717, 1.165) is 29.0 Å². The molecule has 0 aliphatic carbocycles. The van der Waals surface area contributed by atoms with Crippen LogP contribution in [0.1, 0.15) is 39.0 Å². The Morgan fingerprint density at radius 1 is 1.00 bits per heavy atom. The lowest BCUT2D eigenvalue weighted by Gasteiger charge is -2.09. The zero-order valence-electron chi connectivity index (χ0n) is 17.1. The van der Waals surface area contributed by atoms with Crippen molar-refractivity contribution in [3.8, 4) is 0 Å². The third-order valence-corrected chi connectivity index (χ3v) is 5.56. The fourth-order valence-electron chi connectivity index (χ4n) is 2.92. The zero-order valence-corrected chi connectivity index (χ0v) is 17.9. The number of aryl methyl sites for hydroxylation is 2. The fourth-order valence-corrected chi connectivity index (χ4v) is 3.90. The van der Waals surface area contributed by atoms with Crippen LogP contribution >= 0.6 is 11.3 Å². The number of nitrogens with zero attached hydrogens (tertiary/aromatic N) is 1. The first-order valence-corrected chi connectivity index (χ1v) is 10.5. The monoisotopic (exact) mass is 462 g/mol. The van der Waals surface area contributed by atoms with Gasteiger partial charge in [0.05, 0.1) is 11.3 Å². The molecular weight excluding hydrogens is 441 g/mol. The lowest BCUT2D eigenvalue weighted by molar-refractivity contribution is -0.137. The van der Waals surface area contributed by atoms with E-state index < -0.39 is 17.6 Å². The molecule has 0 unspecified atom stereocenters. The molecule has 4 N–H and O–H groups in total. The summed E-state index contributed by atoms with van der Waals surface area (Å²) < 4.78 is 38.1. The van der Waals surface area contributed by atoms with E-state index in [-0.39, 0.29) is 12.5 Å². The molecule has 0 saturated heterocycles. The highest BCUT2D eigenvalue weighted by Crippen LogP contribution is 2.29. The average molecular weight is 462 g/mol. The Kier molecular flexibility index (Phi) is 7.14. The second-order valence-corrected chi connectivity index (χ2v) is 8.09. The van der Waals surface area contributed by atoms with Gasteiger partial charge in [0.2, 0.25) is 5.91 Å². The zero-order chi connectivity index (χ0) is 23.3. The summed E-state index contributed by atoms with van der Waals surface area (Å²) in [6.07, 6.45) is -3.34. The van der Waals surface area contributed by atoms with Gasteiger partial charge >= 0.3 is 6.18 Å². The second-order valence-electron chi connectivity index (χ2n) is 7.09. The van der Waals surface area contributed by atoms with Crippen molar-refractivity contribution in [3.63, 3.8) is 0 Å². The van der Waals surface area contributed by atoms with Crippen LogP contribution in [0.5, 0.6) is 0 Å². The Bertz CT molecular complexity index is 1090. The second kappa shape index (κ2) is 9.82. The van der Waals surface area contributed by atoms with Crippen LogP contribution in [-0.4, -0.2) is 16.8 Å². The maximum Gasteiger partial charge on any atom is 0.416 e. The third-order valence-electron chi connectivity index (χ3n) is 4.55. The molecular formula is C22H21F3N4O2S. The summed E-state index contributed by atoms with van der Waals surface area (Å²) in [5.41, 5.74) is 7.68. The summed E-state index contributed by atoms with van der Waals surface area (Å²) in [5, 5.41) is 5.60. The number of nitrogens with two attached hydrogens (primary N) is 1. The van der Waals surface area contributed by atoms with Gasteiger partial charge in [0, 0.05) is 19.2 Å². The normalized spacial score (nSPS) is 11.2. The van der Waals surface area contributed by atoms with E-state index in [9.17, 15) is 22.8 Å². The number of aromatic nitrogens is 1. The van der Waals surface area contributed by atoms with E-state index in [1.54, 1.807) is 12.1 Å². The Balaban J connectivity index is 1.71. The molecule has 0 bridgehead atoms. The summed E-state index contributed by atoms with van der Waals surface area (Å²) >= 11 is 1.05. The van der Waals surface area contributed by atoms with E-state index in [4.69, 9.17) is 5.73 Å². The molecule has 0 radical (unpaired) electrons. The molecule has 2 amide bonds. The van der Waals surface area contributed by atoms with Gasteiger partial charge in [-0.25, -0.2) is 4.98 Å². The quantitative estimate of drug-likeness (QED) is 0.453. The number of nitrogens with one attached hydrogen (secondary N) is 2. The molecule has 0 fully saturated rings. The lowest BCUT2D eigenvalue weighted by Crippen LogP contribution is -2.23. The molecule has 168 valence electrons. The Hall–Kier alpha value is -3.40. The minimum atomic E-state index is -4.41. The van der Waals surface area contributed by atoms with Gasteiger partial charge in [0.1, 0.15) is 4.88 Å². The number of halogens is 3. The summed E-state index contributed by atoms with van der Waals surface area (Å²) in [4.78, 5) is 28.9. The highest BCUT2D eigenvalue weighted by atomic mass is 32.1. The van der Waals surface area contributed by atoms with Crippen molar-refractivity contribution in [1.82, 2.24) is 10.3 Å². The Morgan fingerprint density at radius 3 is 2.22 bits per heavy atom. The summed E-state index contributed by atoms with van der Waals surface area (Å²) in [7, 11) is 0. The van der Waals surface area contributed by atoms with E-state index in [1.807, 2.05) is 12.1 Å². The first kappa shape index (κ1) is 23.3. The van der Waals surface area contributed by atoms with Crippen molar-refractivity contribution >= 4 is 34.0 Å². The maximum atomic E-state index is 12.8. The fraction of sp³-hybridized carbons (Fsp3) is 0.227. The average Bonchev–Trinajstić information content (AvgIpc) is 3.13. The van der Waals surface area contributed by atoms with E-state index in [1.165, 1.54) is 19.1 Å². The summed E-state index contributed by atoms with van der Waals surface area (Å²) in [6, 6.07) is 11.9. The van der Waals surface area contributed by atoms with Crippen molar-refractivity contribution in [2.24, 2.45) is 0 Å². The minimum absolute atomic E-state index is 0.0573. The molecule has 10 heteroatoms. The van der Waals surface area contributed by atoms with Crippen LogP contribution in [-0.2, 0) is 30.4 Å². The molecule has 6 nitrogen and oxygen atoms in total. The van der Waals surface area contributed by atoms with Crippen LogP contribution in [0.3, 0.4) is 0 Å². The number of carbonyl (C=O) groups is 2. The van der Waals surface area contributed by atoms with Crippen molar-refractivity contribution in [2.75, 3.05) is 11.1 Å². The van der Waals surface area contributed by atoms with Crippen LogP contribution in [0.15, 0.2) is 48.5 Å². The van der Waals surface area contributed by atoms with Gasteiger partial charge in [-0.3, -0.25) is 9.59 Å². The number of benzene rings is 2. The van der Waals surface area contributed by atoms with Crippen LogP contribution < -0.4 is 16.4 Å². The van der Waals surface area contributed by atoms with Crippen molar-refractivity contribution in [3.05, 3.63) is 75.8 Å². The Labute approximate surface area is 186 Å². The van der Waals surface area contributed by atoms with Crippen LogP contribution in [0.4, 0.5) is 24.0 Å². The van der Waals surface area contributed by atoms with E-state index in [0.29, 0.717) is 39.8 Å². The number of nitrogen functional groups attached to an aromatic ring is 1. The largest absolute Gasteiger partial charge is 0.416 e. The van der Waals surface area contributed by atoms with Gasteiger partial charge in [-0.15, -0.1) is 0 Å². The van der Waals surface area contributed by atoms with E-state index in [2.05, 4.69) is 15.6 Å². The van der Waals surface area contributed by atoms with Crippen molar-refractivity contribution < 1.29 is 22.8 Å². The number of hydrogen-bond donors (Lipinski definition) is 3. The SMILES string of the molecule is CC(=O)Nc1nc(CCc2ccc(N)cc2)c(C(=O)NCc2ccc(C(F)(F)F)cc2)s1. The molecule has 3 rings (SSSR count). The van der Waals surface area contributed by atoms with Crippen LogP contribution in [0.2, 0.25) is 0 Å². The predicted molar refractivity (Wildman–Crippen MR) is 117 cm³/mol. The van der Waals surface area contributed by atoms with Gasteiger partial charge in [0.25, 0.3) is 5.91 Å². The molecule has 1 heterocycles. The number of carbonyl (C=O) groups excluding carboxylic acids is 2. The summed E-state index contributed by atoms with van der Waals surface area (Å²) in [6.45, 7) is 1.40. The number of hydrogen-bond acceptors (Lipinski definition) is 5. The highest BCUT2D eigenvalue weighted by Gasteiger charge is 2.30. The predicted octanol–water partition coefficient (Wildman–Crippen LogP) is 4.42. The van der Waals surface area contributed by atoms with E-state index >= 15 is 0 Å². The molecule has 1 aromatic heterocycles. The van der Waals surface area contributed by atoms with Gasteiger partial charge in [-0.05, 0) is 48.2 Å². The molecule has 0 saturated carbocycles. The first-order valence-electron chi connectivity index (χ1n) is 9.68. The highest BCUT2D eigenvalue weighted by molar-refractivity contribution is 7.17. The number of thiazole rings is 1. The summed E-state index contributed by atoms with van der Waals surface area (Å²) in [5.74, 6) is -0.716. The van der Waals surface area contributed by atoms with Gasteiger partial charge in [-0.2, -0.15) is 13.2 Å². The third kappa shape index (κ3) is 6.30. The molecule has 2 aromatic carbocycles. The molecule has 32 heavy (non-hydrogen) atoms. The van der Waals surface area contributed by atoms with Gasteiger partial charge < -0.3 is 16.4 Å². The van der Waals surface area contributed by atoms with Gasteiger partial charge in [0.15, 0.2) is 5.13 Å². The smallest absolute Gasteiger partial charge is 0.399 e. The molecule has 0 atom stereocenters. The number of anilines is 2. The van der Waals surface area contributed by atoms with Crippen molar-refractivity contribution in [2.45, 2.75) is 32.5 Å². The topological polar surface area (TPSA) is 97.1 Å². The Morgan fingerprint density at radius 2 is 1.62 bits per heavy atom. The molecule has 0 aliphatic heterocycles. The maximum absolute atomic E-state index is 12.8. The van der Waals surface area contributed by atoms with Crippen molar-refractivity contribution in [1.29, 1.82) is 0 Å². The number of rotatable bonds is 7. The van der Waals surface area contributed by atoms with Crippen LogP contribution in [0.25, 0.3) is 0 Å². The van der Waals surface area contributed by atoms with Crippen LogP contribution in [0, 0.1) is 0 Å². The molecule has 0 spiro atoms. The lowest BCUT2D eigenvalue weighted by atomic mass is 10.1. The standard InChI is InChI=1S/C22H21F3N4O2S/c1-13(30)28-21-29-18(11-6-14-4-9-17(26)10-5-14)19(32-21)20(31)27-12-15-2-7-16(8-3-15)22(23,24)25/h2-5,7-10H,6,11-12,26H2,1H3,(H,27,31)(H,28,29,30).